The fourth-order valence-corrected chi connectivity index (χ4v) is 3.09. The number of rotatable bonds is 8. The van der Waals surface area contributed by atoms with E-state index in [1.165, 1.54) is 6.92 Å². The second-order valence-electron chi connectivity index (χ2n) is 3.94. The van der Waals surface area contributed by atoms with Gasteiger partial charge in [-0.15, -0.1) is 46.4 Å². The van der Waals surface area contributed by atoms with E-state index >= 15 is 0 Å². The first-order valence-electron chi connectivity index (χ1n) is 4.78. The lowest BCUT2D eigenvalue weighted by atomic mass is 9.95. The molecule has 0 aromatic rings. The topological polar surface area (TPSA) is 66.8 Å². The van der Waals surface area contributed by atoms with Crippen molar-refractivity contribution in [2.75, 3.05) is 11.8 Å². The molecular weight excluding hydrogens is 333 g/mol. The minimum absolute atomic E-state index is 0.148. The molecule has 2 atom stereocenters. The van der Waals surface area contributed by atoms with Crippen LogP contribution in [-0.2, 0) is 9.09 Å². The highest BCUT2D eigenvalue weighted by Gasteiger charge is 2.36. The van der Waals surface area contributed by atoms with Crippen LogP contribution in [0, 0.1) is 0 Å². The molecule has 0 heterocycles. The van der Waals surface area contributed by atoms with Gasteiger partial charge in [0, 0.05) is 22.5 Å². The van der Waals surface area contributed by atoms with Gasteiger partial charge in [0.05, 0.1) is 5.60 Å². The molecule has 0 aromatic heterocycles. The van der Waals surface area contributed by atoms with Crippen molar-refractivity contribution in [1.82, 2.24) is 0 Å². The van der Waals surface area contributed by atoms with Crippen molar-refractivity contribution >= 4 is 54.2 Å². The number of phosphoric ester groups is 1. The molecule has 0 spiro atoms. The van der Waals surface area contributed by atoms with Crippen LogP contribution in [0.4, 0.5) is 0 Å². The lowest BCUT2D eigenvalue weighted by molar-refractivity contribution is 0.0356. The molecule has 0 saturated carbocycles. The van der Waals surface area contributed by atoms with Crippen molar-refractivity contribution in [3.63, 3.8) is 0 Å². The number of hydrogen-bond acceptors (Lipinski definition) is 2. The molecule has 0 aliphatic heterocycles. The summed E-state index contributed by atoms with van der Waals surface area (Å²) in [4.78, 5) is 17.7. The van der Waals surface area contributed by atoms with Crippen LogP contribution in [0.5, 0.6) is 0 Å². The molecule has 0 fully saturated rings. The zero-order chi connectivity index (χ0) is 13.7. The largest absolute Gasteiger partial charge is 0.470 e. The maximum Gasteiger partial charge on any atom is 0.470 e. The fourth-order valence-electron chi connectivity index (χ4n) is 1.49. The third-order valence-electron chi connectivity index (χ3n) is 1.98. The Morgan fingerprint density at radius 2 is 1.53 bits per heavy atom. The Morgan fingerprint density at radius 3 is 1.76 bits per heavy atom. The Morgan fingerprint density at radius 1 is 1.18 bits per heavy atom. The van der Waals surface area contributed by atoms with Crippen LogP contribution < -0.4 is 0 Å². The molecule has 0 amide bonds. The average molecular weight is 348 g/mol. The Bertz CT molecular complexity index is 260. The van der Waals surface area contributed by atoms with Crippen LogP contribution in [0.3, 0.4) is 0 Å². The molecule has 17 heavy (non-hydrogen) atoms. The van der Waals surface area contributed by atoms with Crippen molar-refractivity contribution in [3.8, 4) is 0 Å². The third kappa shape index (κ3) is 8.90. The fraction of sp³-hybridized carbons (Fsp3) is 1.00. The molecule has 4 nitrogen and oxygen atoms in total. The summed E-state index contributed by atoms with van der Waals surface area (Å²) in [6.45, 7) is 1.52. The molecular formula is C8H15Cl4O4P. The van der Waals surface area contributed by atoms with Gasteiger partial charge >= 0.3 is 7.82 Å². The Labute approximate surface area is 121 Å². The number of hydrogen-bond donors (Lipinski definition) is 2. The van der Waals surface area contributed by atoms with E-state index in [4.69, 9.17) is 60.7 Å². The van der Waals surface area contributed by atoms with E-state index in [-0.39, 0.29) is 24.6 Å². The van der Waals surface area contributed by atoms with Crippen LogP contribution >= 0.6 is 54.2 Å². The molecule has 0 bridgehead atoms. The summed E-state index contributed by atoms with van der Waals surface area (Å²) >= 11 is 22.8. The van der Waals surface area contributed by atoms with Gasteiger partial charge in [0.2, 0.25) is 0 Å². The van der Waals surface area contributed by atoms with E-state index in [1.807, 2.05) is 0 Å². The molecule has 0 aliphatic carbocycles. The highest BCUT2D eigenvalue weighted by Crippen LogP contribution is 2.45. The predicted octanol–water partition coefficient (Wildman–Crippen LogP) is 3.33. The molecule has 0 aromatic carbocycles. The van der Waals surface area contributed by atoms with Crippen LogP contribution in [0.25, 0.3) is 0 Å². The van der Waals surface area contributed by atoms with Crippen LogP contribution in [0.15, 0.2) is 0 Å². The lowest BCUT2D eigenvalue weighted by Crippen LogP contribution is -2.34. The summed E-state index contributed by atoms with van der Waals surface area (Å²) in [6, 6.07) is 0. The van der Waals surface area contributed by atoms with Crippen LogP contribution in [0.1, 0.15) is 19.8 Å². The standard InChI is InChI=1S/C8H15Cl4O4P/c1-8(2-6(11)4-9,3-7(12)5-10)16-17(13,14)15/h6-7H,2-5H2,1H3,(H2,13,14,15). The number of halogens is 4. The minimum Gasteiger partial charge on any atom is -0.303 e. The van der Waals surface area contributed by atoms with Gasteiger partial charge in [-0.1, -0.05) is 0 Å². The summed E-state index contributed by atoms with van der Waals surface area (Å²) < 4.78 is 15.7. The summed E-state index contributed by atoms with van der Waals surface area (Å²) in [7, 11) is -4.62. The van der Waals surface area contributed by atoms with Gasteiger partial charge in [-0.3, -0.25) is 4.52 Å². The van der Waals surface area contributed by atoms with Gasteiger partial charge in [0.25, 0.3) is 0 Å². The van der Waals surface area contributed by atoms with E-state index in [0.29, 0.717) is 0 Å². The smallest absolute Gasteiger partial charge is 0.303 e. The Hall–Kier alpha value is 1.27. The molecule has 0 aliphatic rings. The van der Waals surface area contributed by atoms with Crippen molar-refractivity contribution < 1.29 is 18.9 Å². The lowest BCUT2D eigenvalue weighted by Gasteiger charge is -2.32. The first-order chi connectivity index (χ1) is 7.62. The SMILES string of the molecule is CC(CC(Cl)CCl)(CC(Cl)CCl)OP(=O)(O)O. The van der Waals surface area contributed by atoms with Gasteiger partial charge in [-0.25, -0.2) is 4.57 Å². The van der Waals surface area contributed by atoms with Crippen molar-refractivity contribution in [2.24, 2.45) is 0 Å². The van der Waals surface area contributed by atoms with Crippen molar-refractivity contribution in [1.29, 1.82) is 0 Å². The molecule has 2 unspecified atom stereocenters. The first kappa shape index (κ1) is 18.3. The zero-order valence-electron chi connectivity index (χ0n) is 9.15. The predicted molar refractivity (Wildman–Crippen MR) is 71.5 cm³/mol. The second kappa shape index (κ2) is 7.76. The van der Waals surface area contributed by atoms with Crippen LogP contribution in [0.2, 0.25) is 0 Å². The molecule has 9 heteroatoms. The summed E-state index contributed by atoms with van der Waals surface area (Å²) in [5.74, 6) is 0.297. The van der Waals surface area contributed by atoms with Crippen molar-refractivity contribution in [2.45, 2.75) is 36.1 Å². The van der Waals surface area contributed by atoms with E-state index in [2.05, 4.69) is 0 Å². The van der Waals surface area contributed by atoms with Gasteiger partial charge in [-0.2, -0.15) is 0 Å². The second-order valence-corrected chi connectivity index (χ2v) is 6.96. The van der Waals surface area contributed by atoms with Gasteiger partial charge in [-0.05, 0) is 19.8 Å². The molecule has 0 saturated heterocycles. The highest BCUT2D eigenvalue weighted by molar-refractivity contribution is 7.46. The molecule has 104 valence electrons. The maximum atomic E-state index is 10.9. The normalized spacial score (nSPS) is 19.7. The van der Waals surface area contributed by atoms with Gasteiger partial charge in [0.1, 0.15) is 0 Å². The van der Waals surface area contributed by atoms with Gasteiger partial charge < -0.3 is 9.79 Å². The summed E-state index contributed by atoms with van der Waals surface area (Å²) in [5.41, 5.74) is -1.17. The average Bonchev–Trinajstić information content (AvgIpc) is 2.13. The van der Waals surface area contributed by atoms with Gasteiger partial charge in [0.15, 0.2) is 0 Å². The monoisotopic (exact) mass is 346 g/mol. The van der Waals surface area contributed by atoms with E-state index in [0.717, 1.165) is 0 Å². The maximum absolute atomic E-state index is 10.9. The van der Waals surface area contributed by atoms with E-state index in [1.54, 1.807) is 0 Å². The quantitative estimate of drug-likeness (QED) is 0.522. The highest BCUT2D eigenvalue weighted by atomic mass is 35.5. The number of alkyl halides is 4. The summed E-state index contributed by atoms with van der Waals surface area (Å²) in [6.07, 6.45) is 0.340. The third-order valence-corrected chi connectivity index (χ3v) is 4.34. The van der Waals surface area contributed by atoms with E-state index in [9.17, 15) is 4.57 Å². The molecule has 0 radical (unpaired) electrons. The minimum atomic E-state index is -4.62. The van der Waals surface area contributed by atoms with E-state index < -0.39 is 24.2 Å². The Balaban J connectivity index is 4.73. The molecule has 0 rings (SSSR count). The molecule has 2 N–H and O–H groups in total. The van der Waals surface area contributed by atoms with Crippen molar-refractivity contribution in [3.05, 3.63) is 0 Å². The van der Waals surface area contributed by atoms with Crippen LogP contribution in [-0.4, -0.2) is 37.9 Å². The Kier molecular flexibility index (Phi) is 8.34. The zero-order valence-corrected chi connectivity index (χ0v) is 13.1. The first-order valence-corrected chi connectivity index (χ1v) is 8.25. The summed E-state index contributed by atoms with van der Waals surface area (Å²) in [5, 5.41) is -0.931. The number of phosphoric acid groups is 1.